The molecule has 130 valence electrons. The van der Waals surface area contributed by atoms with Crippen molar-refractivity contribution in [2.75, 3.05) is 13.2 Å². The van der Waals surface area contributed by atoms with E-state index in [-0.39, 0.29) is 19.6 Å². The quantitative estimate of drug-likeness (QED) is 0.449. The largest absolute Gasteiger partial charge is 0.465 e. The third-order valence-corrected chi connectivity index (χ3v) is 3.39. The normalized spacial score (nSPS) is 10.1. The fraction of sp³-hybridized carbons (Fsp3) is 0.211. The van der Waals surface area contributed by atoms with Crippen LogP contribution in [0.5, 0.6) is 5.75 Å². The Morgan fingerprint density at radius 2 is 1.68 bits per heavy atom. The molecule has 0 saturated carbocycles. The van der Waals surface area contributed by atoms with Gasteiger partial charge in [-0.3, -0.25) is 9.59 Å². The molecule has 25 heavy (non-hydrogen) atoms. The van der Waals surface area contributed by atoms with Crippen LogP contribution in [0.4, 0.5) is 0 Å². The van der Waals surface area contributed by atoms with Gasteiger partial charge in [-0.1, -0.05) is 24.3 Å². The number of hydrogen-bond acceptors (Lipinski definition) is 6. The van der Waals surface area contributed by atoms with Crippen LogP contribution in [0, 0.1) is 0 Å². The van der Waals surface area contributed by atoms with Gasteiger partial charge in [0.05, 0.1) is 25.2 Å². The highest BCUT2D eigenvalue weighted by molar-refractivity contribution is 5.91. The lowest BCUT2D eigenvalue weighted by molar-refractivity contribution is -0.144. The number of ether oxygens (including phenoxy) is 2. The van der Waals surface area contributed by atoms with Crippen molar-refractivity contribution in [1.82, 2.24) is 0 Å². The van der Waals surface area contributed by atoms with Crippen LogP contribution in [0.3, 0.4) is 0 Å². The van der Waals surface area contributed by atoms with Gasteiger partial charge in [0.2, 0.25) is 0 Å². The maximum absolute atomic E-state index is 12.0. The summed E-state index contributed by atoms with van der Waals surface area (Å²) in [7, 11) is 0. The second-order valence-electron chi connectivity index (χ2n) is 5.22. The predicted octanol–water partition coefficient (Wildman–Crippen LogP) is 2.19. The molecule has 6 heteroatoms. The van der Waals surface area contributed by atoms with E-state index < -0.39 is 11.9 Å². The molecular weight excluding hydrogens is 324 g/mol. The Kier molecular flexibility index (Phi) is 6.86. The number of carbonyl (C=O) groups is 3. The van der Waals surface area contributed by atoms with E-state index in [9.17, 15) is 14.4 Å². The second-order valence-corrected chi connectivity index (χ2v) is 5.22. The first kappa shape index (κ1) is 18.4. The molecule has 0 unspecified atom stereocenters. The molecule has 0 amide bonds. The van der Waals surface area contributed by atoms with Crippen molar-refractivity contribution in [2.24, 2.45) is 0 Å². The maximum Gasteiger partial charge on any atom is 0.343 e. The Bertz CT molecular complexity index is 719. The molecule has 2 aromatic rings. The van der Waals surface area contributed by atoms with E-state index in [0.29, 0.717) is 29.6 Å². The van der Waals surface area contributed by atoms with Crippen molar-refractivity contribution in [1.29, 1.82) is 0 Å². The number of aliphatic hydroxyl groups is 1. The van der Waals surface area contributed by atoms with Gasteiger partial charge in [0.1, 0.15) is 12.0 Å². The fourth-order valence-corrected chi connectivity index (χ4v) is 2.03. The highest BCUT2D eigenvalue weighted by Gasteiger charge is 2.08. The number of carbonyl (C=O) groups excluding carboxylic acids is 3. The van der Waals surface area contributed by atoms with Crippen molar-refractivity contribution in [3.05, 3.63) is 65.2 Å². The maximum atomic E-state index is 12.0. The lowest BCUT2D eigenvalue weighted by Crippen LogP contribution is -2.09. The van der Waals surface area contributed by atoms with E-state index in [1.165, 1.54) is 12.1 Å². The summed E-state index contributed by atoms with van der Waals surface area (Å²) in [5.41, 5.74) is 1.76. The van der Waals surface area contributed by atoms with Gasteiger partial charge in [0, 0.05) is 12.0 Å². The van der Waals surface area contributed by atoms with Crippen LogP contribution in [-0.2, 0) is 16.0 Å². The van der Waals surface area contributed by atoms with E-state index in [1.807, 2.05) is 0 Å². The first-order valence-electron chi connectivity index (χ1n) is 7.75. The van der Waals surface area contributed by atoms with Crippen LogP contribution in [0.25, 0.3) is 0 Å². The van der Waals surface area contributed by atoms with Gasteiger partial charge in [-0.05, 0) is 29.8 Å². The van der Waals surface area contributed by atoms with Crippen molar-refractivity contribution < 1.29 is 29.0 Å². The van der Waals surface area contributed by atoms with Crippen LogP contribution >= 0.6 is 0 Å². The average Bonchev–Trinajstić information content (AvgIpc) is 2.63. The molecule has 0 radical (unpaired) electrons. The summed E-state index contributed by atoms with van der Waals surface area (Å²) in [5.74, 6) is -0.553. The Labute approximate surface area is 145 Å². The molecule has 0 atom stereocenters. The monoisotopic (exact) mass is 342 g/mol. The molecule has 2 aromatic carbocycles. The molecule has 0 aliphatic rings. The van der Waals surface area contributed by atoms with E-state index >= 15 is 0 Å². The van der Waals surface area contributed by atoms with Gasteiger partial charge in [-0.25, -0.2) is 4.79 Å². The minimum Gasteiger partial charge on any atom is -0.465 e. The van der Waals surface area contributed by atoms with Gasteiger partial charge < -0.3 is 14.6 Å². The van der Waals surface area contributed by atoms with Crippen LogP contribution < -0.4 is 4.74 Å². The Morgan fingerprint density at radius 3 is 2.28 bits per heavy atom. The summed E-state index contributed by atoms with van der Waals surface area (Å²) < 4.78 is 10.2. The highest BCUT2D eigenvalue weighted by Crippen LogP contribution is 2.15. The molecule has 2 rings (SSSR count). The highest BCUT2D eigenvalue weighted by atomic mass is 16.5. The van der Waals surface area contributed by atoms with Crippen LogP contribution in [0.2, 0.25) is 0 Å². The summed E-state index contributed by atoms with van der Waals surface area (Å²) in [6.07, 6.45) is 1.22. The number of esters is 2. The average molecular weight is 342 g/mol. The summed E-state index contributed by atoms with van der Waals surface area (Å²) in [5, 5.41) is 8.61. The smallest absolute Gasteiger partial charge is 0.343 e. The van der Waals surface area contributed by atoms with Crippen molar-refractivity contribution in [3.63, 3.8) is 0 Å². The van der Waals surface area contributed by atoms with Crippen LogP contribution in [-0.4, -0.2) is 36.5 Å². The van der Waals surface area contributed by atoms with Gasteiger partial charge >= 0.3 is 11.9 Å². The Morgan fingerprint density at radius 1 is 1.00 bits per heavy atom. The molecule has 0 spiro atoms. The second kappa shape index (κ2) is 9.34. The first-order valence-corrected chi connectivity index (χ1v) is 7.75. The van der Waals surface area contributed by atoms with E-state index in [1.54, 1.807) is 36.4 Å². The molecule has 0 aliphatic carbocycles. The first-order chi connectivity index (χ1) is 12.1. The number of benzene rings is 2. The van der Waals surface area contributed by atoms with Gasteiger partial charge in [-0.15, -0.1) is 0 Å². The molecule has 6 nitrogen and oxygen atoms in total. The van der Waals surface area contributed by atoms with Crippen molar-refractivity contribution >= 4 is 18.2 Å². The molecule has 0 bridgehead atoms. The van der Waals surface area contributed by atoms with Gasteiger partial charge in [0.25, 0.3) is 0 Å². The molecule has 0 aliphatic heterocycles. The van der Waals surface area contributed by atoms with E-state index in [4.69, 9.17) is 14.6 Å². The third-order valence-electron chi connectivity index (χ3n) is 3.39. The molecule has 0 saturated heterocycles. The number of hydrogen-bond donors (Lipinski definition) is 1. The molecule has 0 heterocycles. The zero-order valence-electron chi connectivity index (χ0n) is 13.5. The van der Waals surface area contributed by atoms with E-state index in [2.05, 4.69) is 0 Å². The number of rotatable bonds is 8. The summed E-state index contributed by atoms with van der Waals surface area (Å²) in [6, 6.07) is 13.0. The summed E-state index contributed by atoms with van der Waals surface area (Å²) >= 11 is 0. The van der Waals surface area contributed by atoms with Crippen LogP contribution in [0.1, 0.15) is 32.7 Å². The summed E-state index contributed by atoms with van der Waals surface area (Å²) in [6.45, 7) is -0.00216. The minimum atomic E-state index is -0.511. The standard InChI is InChI=1S/C19H18O6/c20-11-9-18(22)24-12-10-14-3-7-17(8-4-14)25-19(23)16-5-1-15(13-21)2-6-16/h1-8,13,20H,9-12H2. The fourth-order valence-electron chi connectivity index (χ4n) is 2.03. The minimum absolute atomic E-state index is 0.0112. The Balaban J connectivity index is 1.85. The number of aldehydes is 1. The zero-order valence-corrected chi connectivity index (χ0v) is 13.5. The van der Waals surface area contributed by atoms with Gasteiger partial charge in [0.15, 0.2) is 0 Å². The molecular formula is C19H18O6. The van der Waals surface area contributed by atoms with E-state index in [0.717, 1.165) is 5.56 Å². The lowest BCUT2D eigenvalue weighted by atomic mass is 10.1. The molecule has 1 N–H and O–H groups in total. The van der Waals surface area contributed by atoms with Crippen molar-refractivity contribution in [2.45, 2.75) is 12.8 Å². The Hall–Kier alpha value is -2.99. The molecule has 0 aromatic heterocycles. The van der Waals surface area contributed by atoms with Crippen LogP contribution in [0.15, 0.2) is 48.5 Å². The number of aliphatic hydroxyl groups excluding tert-OH is 1. The third kappa shape index (κ3) is 5.86. The van der Waals surface area contributed by atoms with Gasteiger partial charge in [-0.2, -0.15) is 0 Å². The summed E-state index contributed by atoms with van der Waals surface area (Å²) in [4.78, 5) is 33.7. The lowest BCUT2D eigenvalue weighted by Gasteiger charge is -2.07. The topological polar surface area (TPSA) is 89.9 Å². The predicted molar refractivity (Wildman–Crippen MR) is 89.6 cm³/mol. The molecule has 0 fully saturated rings. The zero-order chi connectivity index (χ0) is 18.1. The SMILES string of the molecule is O=Cc1ccc(C(=O)Oc2ccc(CCOC(=O)CCO)cc2)cc1. The van der Waals surface area contributed by atoms with Crippen molar-refractivity contribution in [3.8, 4) is 5.75 Å².